The maximum absolute atomic E-state index is 8.58. The number of nitrogens with one attached hydrogen (secondary N) is 1. The first-order chi connectivity index (χ1) is 13.9. The second-order valence-electron chi connectivity index (χ2n) is 7.39. The van der Waals surface area contributed by atoms with Gasteiger partial charge in [-0.2, -0.15) is 0 Å². The van der Waals surface area contributed by atoms with E-state index in [9.17, 15) is 0 Å². The molecule has 1 aliphatic heterocycles. The summed E-state index contributed by atoms with van der Waals surface area (Å²) >= 11 is 0. The lowest BCUT2D eigenvalue weighted by molar-refractivity contribution is 0.122. The van der Waals surface area contributed by atoms with E-state index in [1.165, 1.54) is 5.69 Å². The van der Waals surface area contributed by atoms with Crippen molar-refractivity contribution in [3.05, 3.63) is 48.2 Å². The molecule has 6 nitrogen and oxygen atoms in total. The summed E-state index contributed by atoms with van der Waals surface area (Å²) in [6.45, 7) is 13.6. The fraction of sp³-hybridized carbons (Fsp3) is 0.391. The molecule has 156 valence electrons. The molecule has 1 aromatic heterocycles. The Morgan fingerprint density at radius 1 is 1.31 bits per heavy atom. The van der Waals surface area contributed by atoms with Crippen molar-refractivity contribution >= 4 is 23.0 Å². The molecule has 0 bridgehead atoms. The van der Waals surface area contributed by atoms with Gasteiger partial charge in [0.05, 0.1) is 19.8 Å². The average molecular weight is 397 g/mol. The molecule has 29 heavy (non-hydrogen) atoms. The first-order valence-electron chi connectivity index (χ1n) is 10.1. The quantitative estimate of drug-likeness (QED) is 0.534. The lowest BCUT2D eigenvalue weighted by Gasteiger charge is -2.29. The lowest BCUT2D eigenvalue weighted by atomic mass is 9.91. The number of pyridine rings is 1. The Morgan fingerprint density at radius 3 is 2.55 bits per heavy atom. The van der Waals surface area contributed by atoms with Gasteiger partial charge in [-0.05, 0) is 42.2 Å². The number of nitrogens with two attached hydrogens (primary N) is 1. The van der Waals surface area contributed by atoms with Crippen LogP contribution in [-0.2, 0) is 9.47 Å². The normalized spacial score (nSPS) is 14.1. The second kappa shape index (κ2) is 9.09. The molecule has 2 aromatic rings. The largest absolute Gasteiger partial charge is 0.492 e. The number of ether oxygens (including phenoxy) is 2. The number of anilines is 2. The third-order valence-electron chi connectivity index (χ3n) is 5.05. The zero-order chi connectivity index (χ0) is 21.0. The number of morpholine rings is 1. The summed E-state index contributed by atoms with van der Waals surface area (Å²) in [5.41, 5.74) is 11.1. The molecule has 2 heterocycles. The van der Waals surface area contributed by atoms with Gasteiger partial charge in [0.1, 0.15) is 17.3 Å². The number of benzene rings is 1. The number of hydrogen-bond acceptors (Lipinski definition) is 6. The number of rotatable bonds is 7. The molecule has 0 unspecified atom stereocenters. The van der Waals surface area contributed by atoms with E-state index in [1.807, 2.05) is 26.8 Å². The Labute approximate surface area is 174 Å². The van der Waals surface area contributed by atoms with E-state index in [4.69, 9.17) is 20.6 Å². The lowest BCUT2D eigenvalue weighted by Crippen LogP contribution is -2.36. The zero-order valence-corrected chi connectivity index (χ0v) is 17.5. The molecule has 6 heteroatoms. The monoisotopic (exact) mass is 396 g/mol. The van der Waals surface area contributed by atoms with Crippen LogP contribution in [0.1, 0.15) is 33.5 Å². The maximum atomic E-state index is 8.58. The Kier molecular flexibility index (Phi) is 6.54. The summed E-state index contributed by atoms with van der Waals surface area (Å²) in [5.74, 6) is 0.841. The highest BCUT2D eigenvalue weighted by Gasteiger charge is 2.20. The van der Waals surface area contributed by atoms with Crippen LogP contribution in [0.2, 0.25) is 0 Å². The second-order valence-corrected chi connectivity index (χ2v) is 7.39. The highest BCUT2D eigenvalue weighted by molar-refractivity contribution is 6.08. The Morgan fingerprint density at radius 2 is 1.97 bits per heavy atom. The van der Waals surface area contributed by atoms with Crippen molar-refractivity contribution in [1.82, 2.24) is 4.98 Å². The number of aromatic nitrogens is 1. The topological polar surface area (TPSA) is 84.5 Å². The molecule has 1 saturated heterocycles. The minimum atomic E-state index is 0. The molecular weight excluding hydrogens is 364 g/mol. The number of nitrogens with zero attached hydrogens (tertiary/aromatic N) is 2. The summed E-state index contributed by atoms with van der Waals surface area (Å²) in [6.07, 6.45) is 0. The van der Waals surface area contributed by atoms with Gasteiger partial charge in [0.25, 0.3) is 0 Å². The molecule has 0 saturated carbocycles. The van der Waals surface area contributed by atoms with Gasteiger partial charge in [-0.1, -0.05) is 32.6 Å². The molecule has 0 radical (unpaired) electrons. The average Bonchev–Trinajstić information content (AvgIpc) is 2.73. The third-order valence-corrected chi connectivity index (χ3v) is 5.05. The highest BCUT2D eigenvalue weighted by atomic mass is 16.5. The van der Waals surface area contributed by atoms with Gasteiger partial charge in [-0.25, -0.2) is 4.98 Å². The van der Waals surface area contributed by atoms with E-state index in [1.54, 1.807) is 0 Å². The van der Waals surface area contributed by atoms with Crippen LogP contribution in [0.5, 0.6) is 0 Å². The van der Waals surface area contributed by atoms with Crippen LogP contribution in [-0.4, -0.2) is 43.6 Å². The third kappa shape index (κ3) is 4.59. The smallest absolute Gasteiger partial charge is 0.137 e. The van der Waals surface area contributed by atoms with Gasteiger partial charge < -0.3 is 25.5 Å². The van der Waals surface area contributed by atoms with Gasteiger partial charge in [-0.3, -0.25) is 0 Å². The van der Waals surface area contributed by atoms with Crippen LogP contribution < -0.4 is 10.6 Å². The van der Waals surface area contributed by atoms with E-state index in [-0.39, 0.29) is 7.34 Å². The predicted octanol–water partition coefficient (Wildman–Crippen LogP) is 4.44. The fourth-order valence-corrected chi connectivity index (χ4v) is 3.43. The molecule has 3 N–H and O–H groups in total. The number of nitrogen functional groups attached to an aromatic ring is 1. The molecule has 0 aliphatic carbocycles. The minimum absolute atomic E-state index is 0. The van der Waals surface area contributed by atoms with E-state index < -0.39 is 0 Å². The highest BCUT2D eigenvalue weighted by Crippen LogP contribution is 2.33. The molecule has 0 atom stereocenters. The van der Waals surface area contributed by atoms with Crippen LogP contribution in [0.4, 0.5) is 11.5 Å². The Bertz CT molecular complexity index is 891. The van der Waals surface area contributed by atoms with E-state index in [0.717, 1.165) is 37.4 Å². The van der Waals surface area contributed by atoms with Crippen LogP contribution in [0.25, 0.3) is 16.9 Å². The standard InChI is InChI=1S/C23H30N4O2.H2/c1-5-29-16(4)20-14-19(21(23(25)26-20)22(24)15(2)3)17-6-8-18(9-7-17)27-10-12-28-13-11-27;/h6-9,14-15,24H,4-5,10-13H2,1-3H3,(H2,25,26);1H. The van der Waals surface area contributed by atoms with Gasteiger partial charge in [0.15, 0.2) is 0 Å². The van der Waals surface area contributed by atoms with Crippen LogP contribution in [0, 0.1) is 11.3 Å². The van der Waals surface area contributed by atoms with E-state index in [2.05, 4.69) is 40.7 Å². The fourth-order valence-electron chi connectivity index (χ4n) is 3.43. The summed E-state index contributed by atoms with van der Waals surface area (Å²) < 4.78 is 11.0. The molecule has 0 spiro atoms. The molecule has 1 aromatic carbocycles. The summed E-state index contributed by atoms with van der Waals surface area (Å²) in [7, 11) is 0. The van der Waals surface area contributed by atoms with Crippen molar-refractivity contribution in [2.45, 2.75) is 20.8 Å². The molecule has 1 fully saturated rings. The van der Waals surface area contributed by atoms with E-state index in [0.29, 0.717) is 35.2 Å². The first-order valence-corrected chi connectivity index (χ1v) is 10.1. The van der Waals surface area contributed by atoms with Gasteiger partial charge in [0, 0.05) is 31.5 Å². The zero-order valence-electron chi connectivity index (χ0n) is 17.5. The van der Waals surface area contributed by atoms with Gasteiger partial charge in [-0.15, -0.1) is 0 Å². The summed E-state index contributed by atoms with van der Waals surface area (Å²) in [4.78, 5) is 6.78. The van der Waals surface area contributed by atoms with Crippen molar-refractivity contribution in [3.63, 3.8) is 0 Å². The summed E-state index contributed by atoms with van der Waals surface area (Å²) in [6, 6.07) is 10.3. The van der Waals surface area contributed by atoms with Crippen molar-refractivity contribution in [2.75, 3.05) is 43.5 Å². The van der Waals surface area contributed by atoms with Crippen LogP contribution in [0.15, 0.2) is 36.9 Å². The minimum Gasteiger partial charge on any atom is -0.492 e. The molecule has 3 rings (SSSR count). The predicted molar refractivity (Wildman–Crippen MR) is 122 cm³/mol. The van der Waals surface area contributed by atoms with Crippen LogP contribution >= 0.6 is 0 Å². The molecule has 1 aliphatic rings. The molecule has 0 amide bonds. The Hall–Kier alpha value is -2.86. The summed E-state index contributed by atoms with van der Waals surface area (Å²) in [5, 5.41) is 8.58. The van der Waals surface area contributed by atoms with Gasteiger partial charge in [0.2, 0.25) is 0 Å². The van der Waals surface area contributed by atoms with Crippen molar-refractivity contribution < 1.29 is 10.9 Å². The van der Waals surface area contributed by atoms with Crippen molar-refractivity contribution in [1.29, 1.82) is 5.41 Å². The number of hydrogen-bond donors (Lipinski definition) is 2. The first kappa shape index (κ1) is 20.9. The maximum Gasteiger partial charge on any atom is 0.137 e. The SMILES string of the molecule is C=C(OCC)c1cc(-c2ccc(N3CCOCC3)cc2)c(C(=N)C(C)C)c(N)n1.[HH]. The Balaban J connectivity index is 0.00000320. The van der Waals surface area contributed by atoms with Crippen LogP contribution in [0.3, 0.4) is 0 Å². The van der Waals surface area contributed by atoms with Gasteiger partial charge >= 0.3 is 0 Å². The van der Waals surface area contributed by atoms with Crippen molar-refractivity contribution in [2.24, 2.45) is 5.92 Å². The van der Waals surface area contributed by atoms with Crippen molar-refractivity contribution in [3.8, 4) is 11.1 Å². The van der Waals surface area contributed by atoms with E-state index >= 15 is 0 Å². The molecular formula is C23H32N4O2.